The van der Waals surface area contributed by atoms with Gasteiger partial charge in [0.15, 0.2) is 0 Å². The topological polar surface area (TPSA) is 51.5 Å². The average Bonchev–Trinajstić information content (AvgIpc) is 3.15. The summed E-state index contributed by atoms with van der Waals surface area (Å²) in [5.74, 6) is 1.74. The highest BCUT2D eigenvalue weighted by Gasteiger charge is 2.32. The van der Waals surface area contributed by atoms with Gasteiger partial charge < -0.3 is 10.1 Å². The van der Waals surface area contributed by atoms with Gasteiger partial charge in [-0.2, -0.15) is 18.2 Å². The molecule has 5 nitrogen and oxygen atoms in total. The molecule has 0 atom stereocenters. The molecule has 0 aliphatic rings. The summed E-state index contributed by atoms with van der Waals surface area (Å²) in [4.78, 5) is 8.78. The lowest BCUT2D eigenvalue weighted by Crippen LogP contribution is -2.11. The third-order valence-corrected chi connectivity index (χ3v) is 4.82. The molecule has 0 aliphatic carbocycles. The Morgan fingerprint density at radius 1 is 1.17 bits per heavy atom. The first-order valence-electron chi connectivity index (χ1n) is 9.17. The molecule has 150 valence electrons. The summed E-state index contributed by atoms with van der Waals surface area (Å²) in [7, 11) is 0. The molecule has 29 heavy (non-hydrogen) atoms. The van der Waals surface area contributed by atoms with Gasteiger partial charge >= 0.3 is 6.18 Å². The summed E-state index contributed by atoms with van der Waals surface area (Å²) < 4.78 is 47.0. The van der Waals surface area contributed by atoms with Crippen LogP contribution in [0.4, 0.5) is 19.0 Å². The van der Waals surface area contributed by atoms with Crippen molar-refractivity contribution in [1.82, 2.24) is 14.4 Å². The molecule has 4 aromatic rings. The molecular weight excluding hydrogens is 381 g/mol. The number of aromatic nitrogens is 3. The van der Waals surface area contributed by atoms with Crippen molar-refractivity contribution < 1.29 is 17.9 Å². The third-order valence-electron chi connectivity index (χ3n) is 4.82. The average molecular weight is 400 g/mol. The lowest BCUT2D eigenvalue weighted by Gasteiger charge is -2.16. The number of nitrogens with one attached hydrogen (secondary N) is 1. The van der Waals surface area contributed by atoms with Gasteiger partial charge in [-0.1, -0.05) is 12.1 Å². The minimum Gasteiger partial charge on any atom is -0.494 e. The summed E-state index contributed by atoms with van der Waals surface area (Å²) in [6, 6.07) is 9.84. The summed E-state index contributed by atoms with van der Waals surface area (Å²) in [6.45, 7) is 4.11. The van der Waals surface area contributed by atoms with Crippen LogP contribution in [0.3, 0.4) is 0 Å². The van der Waals surface area contributed by atoms with E-state index in [1.165, 1.54) is 13.0 Å². The largest absolute Gasteiger partial charge is 0.494 e. The lowest BCUT2D eigenvalue weighted by molar-refractivity contribution is -0.138. The van der Waals surface area contributed by atoms with Crippen LogP contribution in [-0.2, 0) is 12.7 Å². The van der Waals surface area contributed by atoms with Crippen molar-refractivity contribution >= 4 is 22.5 Å². The first-order chi connectivity index (χ1) is 13.9. The minimum absolute atomic E-state index is 0.202. The van der Waals surface area contributed by atoms with Gasteiger partial charge in [0.05, 0.1) is 17.7 Å². The number of ether oxygens (including phenoxy) is 1. The molecular formula is C21H19F3N4O. The van der Waals surface area contributed by atoms with E-state index in [2.05, 4.69) is 15.3 Å². The molecule has 0 spiro atoms. The van der Waals surface area contributed by atoms with Crippen molar-refractivity contribution in [2.45, 2.75) is 26.6 Å². The second-order valence-corrected chi connectivity index (χ2v) is 6.61. The number of nitrogens with zero attached hydrogens (tertiary/aromatic N) is 3. The Morgan fingerprint density at radius 2 is 2.00 bits per heavy atom. The fourth-order valence-corrected chi connectivity index (χ4v) is 3.39. The van der Waals surface area contributed by atoms with Crippen LogP contribution in [0, 0.1) is 6.92 Å². The number of alkyl halides is 3. The van der Waals surface area contributed by atoms with Crippen LogP contribution in [0.2, 0.25) is 0 Å². The normalized spacial score (nSPS) is 11.9. The second kappa shape index (κ2) is 7.27. The number of hydrogen-bond acceptors (Lipinski definition) is 4. The van der Waals surface area contributed by atoms with E-state index in [9.17, 15) is 13.2 Å². The molecule has 0 aliphatic heterocycles. The van der Waals surface area contributed by atoms with Crippen LogP contribution in [-0.4, -0.2) is 21.0 Å². The first kappa shape index (κ1) is 19.0. The Labute approximate surface area is 165 Å². The molecule has 2 aromatic carbocycles. The van der Waals surface area contributed by atoms with Gasteiger partial charge in [-0.3, -0.25) is 4.40 Å². The quantitative estimate of drug-likeness (QED) is 0.499. The summed E-state index contributed by atoms with van der Waals surface area (Å²) >= 11 is 0. The second-order valence-electron chi connectivity index (χ2n) is 6.61. The fourth-order valence-electron chi connectivity index (χ4n) is 3.39. The smallest absolute Gasteiger partial charge is 0.416 e. The molecule has 0 amide bonds. The van der Waals surface area contributed by atoms with E-state index in [1.807, 2.05) is 35.7 Å². The maximum absolute atomic E-state index is 13.2. The van der Waals surface area contributed by atoms with E-state index in [0.29, 0.717) is 29.5 Å². The van der Waals surface area contributed by atoms with E-state index >= 15 is 0 Å². The van der Waals surface area contributed by atoms with Crippen LogP contribution in [0.15, 0.2) is 48.8 Å². The van der Waals surface area contributed by atoms with E-state index in [0.717, 1.165) is 17.0 Å². The Hall–Kier alpha value is -3.29. The van der Waals surface area contributed by atoms with Gasteiger partial charge in [-0.25, -0.2) is 4.98 Å². The van der Waals surface area contributed by atoms with E-state index in [4.69, 9.17) is 4.74 Å². The zero-order chi connectivity index (χ0) is 20.6. The highest BCUT2D eigenvalue weighted by molar-refractivity contribution is 5.92. The molecule has 0 fully saturated rings. The SMILES string of the molecule is CCOc1ccc2c(c1)c(NCc1cccc(C(F)(F)F)c1C)nc1nccn12. The van der Waals surface area contributed by atoms with Crippen molar-refractivity contribution in [2.24, 2.45) is 0 Å². The molecule has 0 saturated carbocycles. The van der Waals surface area contributed by atoms with Crippen LogP contribution in [0.5, 0.6) is 5.75 Å². The molecule has 8 heteroatoms. The van der Waals surface area contributed by atoms with Gasteiger partial charge in [-0.05, 0) is 49.2 Å². The number of imidazole rings is 1. The summed E-state index contributed by atoms with van der Waals surface area (Å²) in [5.41, 5.74) is 1.00. The lowest BCUT2D eigenvalue weighted by atomic mass is 10.0. The molecule has 0 saturated heterocycles. The molecule has 2 aromatic heterocycles. The molecule has 1 N–H and O–H groups in total. The molecule has 0 unspecified atom stereocenters. The summed E-state index contributed by atoms with van der Waals surface area (Å²) in [6.07, 6.45) is -0.920. The van der Waals surface area contributed by atoms with Crippen molar-refractivity contribution in [3.05, 3.63) is 65.5 Å². The zero-order valence-electron chi connectivity index (χ0n) is 15.9. The Morgan fingerprint density at radius 3 is 2.76 bits per heavy atom. The van der Waals surface area contributed by atoms with Crippen molar-refractivity contribution in [3.63, 3.8) is 0 Å². The molecule has 0 bridgehead atoms. The van der Waals surface area contributed by atoms with Crippen LogP contribution in [0.1, 0.15) is 23.6 Å². The molecule has 4 rings (SSSR count). The van der Waals surface area contributed by atoms with Gasteiger partial charge in [0, 0.05) is 24.3 Å². The molecule has 2 heterocycles. The van der Waals surface area contributed by atoms with Crippen LogP contribution >= 0.6 is 0 Å². The number of anilines is 1. The van der Waals surface area contributed by atoms with Crippen LogP contribution < -0.4 is 10.1 Å². The van der Waals surface area contributed by atoms with Gasteiger partial charge in [0.25, 0.3) is 0 Å². The number of benzene rings is 2. The Kier molecular flexibility index (Phi) is 4.77. The number of fused-ring (bicyclic) bond motifs is 3. The van der Waals surface area contributed by atoms with Crippen LogP contribution in [0.25, 0.3) is 16.7 Å². The third kappa shape index (κ3) is 3.57. The van der Waals surface area contributed by atoms with E-state index in [-0.39, 0.29) is 12.1 Å². The maximum Gasteiger partial charge on any atom is 0.416 e. The predicted molar refractivity (Wildman–Crippen MR) is 105 cm³/mol. The highest BCUT2D eigenvalue weighted by Crippen LogP contribution is 2.33. The minimum atomic E-state index is -4.38. The highest BCUT2D eigenvalue weighted by atomic mass is 19.4. The standard InChI is InChI=1S/C21H19F3N4O/c1-3-29-15-7-8-18-16(11-15)19(27-20-25-9-10-28(18)20)26-12-14-5-4-6-17(13(14)2)21(22,23)24/h4-11H,3,12H2,1-2H3,(H,25,26,27). The number of hydrogen-bond donors (Lipinski definition) is 1. The van der Waals surface area contributed by atoms with Crippen molar-refractivity contribution in [3.8, 4) is 5.75 Å². The maximum atomic E-state index is 13.2. The zero-order valence-corrected chi connectivity index (χ0v) is 15.9. The van der Waals surface area contributed by atoms with E-state index in [1.54, 1.807) is 12.3 Å². The predicted octanol–water partition coefficient (Wildman–Crippen LogP) is 5.22. The fraction of sp³-hybridized carbons (Fsp3) is 0.238. The van der Waals surface area contributed by atoms with E-state index < -0.39 is 11.7 Å². The van der Waals surface area contributed by atoms with Crippen molar-refractivity contribution in [1.29, 1.82) is 0 Å². The summed E-state index contributed by atoms with van der Waals surface area (Å²) in [5, 5.41) is 3.98. The van der Waals surface area contributed by atoms with Gasteiger partial charge in [0.2, 0.25) is 5.78 Å². The monoisotopic (exact) mass is 400 g/mol. The van der Waals surface area contributed by atoms with Crippen molar-refractivity contribution in [2.75, 3.05) is 11.9 Å². The van der Waals surface area contributed by atoms with Gasteiger partial charge in [-0.15, -0.1) is 0 Å². The Bertz CT molecular complexity index is 1180. The van der Waals surface area contributed by atoms with Gasteiger partial charge in [0.1, 0.15) is 11.6 Å². The number of halogens is 3. The first-order valence-corrected chi connectivity index (χ1v) is 9.17. The Balaban J connectivity index is 1.75. The molecule has 0 radical (unpaired) electrons. The number of rotatable bonds is 5.